The van der Waals surface area contributed by atoms with E-state index in [-0.39, 0.29) is 24.8 Å². The molecule has 3 radical (unpaired) electrons. The van der Waals surface area contributed by atoms with Crippen LogP contribution in [0.25, 0.3) is 0 Å². The second kappa shape index (κ2) is 12.6. The first-order valence-electron chi connectivity index (χ1n) is 4.63. The standard InChI is InChI=1S/C4H5NO2S.C3H8.C2H6.B/c1-2-3(6)5-4(7)8-2;1-3-2;1-2;/h2H,1H3,(H,5,6,7);3H2,1-2H3;1-2H3;. The average Bonchev–Trinajstić information content (AvgIpc) is 2.35. The molecule has 81 valence electrons. The number of carbonyl (C=O) groups excluding carboxylic acids is 2. The maximum Gasteiger partial charge on any atom is 0.286 e. The highest BCUT2D eigenvalue weighted by molar-refractivity contribution is 8.15. The van der Waals surface area contributed by atoms with Crippen LogP contribution in [0, 0.1) is 0 Å². The predicted octanol–water partition coefficient (Wildman–Crippen LogP) is 2.42. The molecule has 0 saturated carbocycles. The summed E-state index contributed by atoms with van der Waals surface area (Å²) in [6, 6.07) is 0. The highest BCUT2D eigenvalue weighted by Crippen LogP contribution is 2.16. The summed E-state index contributed by atoms with van der Waals surface area (Å²) in [6.45, 7) is 9.95. The number of amides is 2. The van der Waals surface area contributed by atoms with E-state index in [1.807, 2.05) is 13.8 Å². The van der Waals surface area contributed by atoms with Crippen LogP contribution in [-0.4, -0.2) is 24.8 Å². The Kier molecular flexibility index (Phi) is 17.2. The first-order valence-corrected chi connectivity index (χ1v) is 5.51. The van der Waals surface area contributed by atoms with Crippen molar-refractivity contribution in [1.29, 1.82) is 0 Å². The molecular formula is C9H19BNO2S. The molecule has 1 aliphatic heterocycles. The number of hydrogen-bond acceptors (Lipinski definition) is 3. The highest BCUT2D eigenvalue weighted by atomic mass is 32.2. The molecule has 1 aliphatic rings. The van der Waals surface area contributed by atoms with Gasteiger partial charge in [-0.25, -0.2) is 0 Å². The van der Waals surface area contributed by atoms with Crippen molar-refractivity contribution in [1.82, 2.24) is 5.32 Å². The lowest BCUT2D eigenvalue weighted by Crippen LogP contribution is -2.22. The minimum Gasteiger partial charge on any atom is -0.286 e. The summed E-state index contributed by atoms with van der Waals surface area (Å²) >= 11 is 1.03. The van der Waals surface area contributed by atoms with Crippen LogP contribution in [0.5, 0.6) is 0 Å². The van der Waals surface area contributed by atoms with E-state index < -0.39 is 0 Å². The van der Waals surface area contributed by atoms with Crippen molar-refractivity contribution in [3.8, 4) is 0 Å². The molecular weight excluding hydrogens is 197 g/mol. The molecule has 1 unspecified atom stereocenters. The zero-order valence-electron chi connectivity index (χ0n) is 9.59. The van der Waals surface area contributed by atoms with Gasteiger partial charge in [0, 0.05) is 8.41 Å². The van der Waals surface area contributed by atoms with E-state index in [0.29, 0.717) is 0 Å². The van der Waals surface area contributed by atoms with Crippen LogP contribution in [-0.2, 0) is 4.79 Å². The highest BCUT2D eigenvalue weighted by Gasteiger charge is 2.26. The van der Waals surface area contributed by atoms with Gasteiger partial charge in [0.1, 0.15) is 0 Å². The molecule has 2 amide bonds. The molecule has 1 N–H and O–H groups in total. The molecule has 5 heteroatoms. The van der Waals surface area contributed by atoms with Crippen molar-refractivity contribution in [2.45, 2.75) is 46.3 Å². The monoisotopic (exact) mass is 216 g/mol. The van der Waals surface area contributed by atoms with E-state index in [1.165, 1.54) is 6.42 Å². The maximum atomic E-state index is 10.4. The Morgan fingerprint density at radius 3 is 1.71 bits per heavy atom. The van der Waals surface area contributed by atoms with E-state index in [2.05, 4.69) is 19.2 Å². The summed E-state index contributed by atoms with van der Waals surface area (Å²) in [5.74, 6) is -0.181. The smallest absolute Gasteiger partial charge is 0.286 e. The number of carbonyl (C=O) groups is 2. The maximum absolute atomic E-state index is 10.4. The Bertz CT molecular complexity index is 165. The summed E-state index contributed by atoms with van der Waals surface area (Å²) in [5, 5.41) is 1.73. The fourth-order valence-electron chi connectivity index (χ4n) is 0.446. The van der Waals surface area contributed by atoms with Gasteiger partial charge in [0.2, 0.25) is 5.91 Å². The topological polar surface area (TPSA) is 46.2 Å². The molecule has 1 fully saturated rings. The van der Waals surface area contributed by atoms with E-state index >= 15 is 0 Å². The molecule has 1 saturated heterocycles. The average molecular weight is 216 g/mol. The van der Waals surface area contributed by atoms with Crippen LogP contribution in [0.2, 0.25) is 0 Å². The Morgan fingerprint density at radius 2 is 1.64 bits per heavy atom. The van der Waals surface area contributed by atoms with Gasteiger partial charge in [-0.05, 0) is 6.92 Å². The molecule has 3 nitrogen and oxygen atoms in total. The van der Waals surface area contributed by atoms with E-state index in [1.54, 1.807) is 6.92 Å². The van der Waals surface area contributed by atoms with Gasteiger partial charge < -0.3 is 0 Å². The number of rotatable bonds is 0. The number of thioether (sulfide) groups is 1. The van der Waals surface area contributed by atoms with E-state index in [0.717, 1.165) is 11.8 Å². The van der Waals surface area contributed by atoms with Gasteiger partial charge in [0.25, 0.3) is 5.24 Å². The Balaban J connectivity index is -0.000000176. The third kappa shape index (κ3) is 9.64. The molecule has 0 aromatic carbocycles. The van der Waals surface area contributed by atoms with Crippen molar-refractivity contribution in [3.05, 3.63) is 0 Å². The fraction of sp³-hybridized carbons (Fsp3) is 0.778. The van der Waals surface area contributed by atoms with Crippen molar-refractivity contribution < 1.29 is 9.59 Å². The molecule has 0 spiro atoms. The van der Waals surface area contributed by atoms with Crippen LogP contribution in [0.15, 0.2) is 0 Å². The van der Waals surface area contributed by atoms with E-state index in [9.17, 15) is 9.59 Å². The molecule has 0 aromatic rings. The summed E-state index contributed by atoms with van der Waals surface area (Å²) in [5.41, 5.74) is 0. The van der Waals surface area contributed by atoms with Crippen LogP contribution in [0.4, 0.5) is 4.79 Å². The van der Waals surface area contributed by atoms with Crippen molar-refractivity contribution in [2.75, 3.05) is 0 Å². The van der Waals surface area contributed by atoms with Gasteiger partial charge in [-0.3, -0.25) is 14.9 Å². The number of hydrogen-bond donors (Lipinski definition) is 1. The van der Waals surface area contributed by atoms with E-state index in [4.69, 9.17) is 0 Å². The first-order chi connectivity index (χ1) is 6.11. The van der Waals surface area contributed by atoms with Crippen molar-refractivity contribution in [2.24, 2.45) is 0 Å². The van der Waals surface area contributed by atoms with Gasteiger partial charge in [-0.2, -0.15) is 0 Å². The van der Waals surface area contributed by atoms with Gasteiger partial charge in [-0.15, -0.1) is 0 Å². The van der Waals surface area contributed by atoms with Crippen LogP contribution in [0.1, 0.15) is 41.0 Å². The minimum atomic E-state index is -0.234. The molecule has 0 bridgehead atoms. The van der Waals surface area contributed by atoms with Crippen molar-refractivity contribution in [3.63, 3.8) is 0 Å². The molecule has 14 heavy (non-hydrogen) atoms. The van der Waals surface area contributed by atoms with Gasteiger partial charge in [-0.1, -0.05) is 45.9 Å². The van der Waals surface area contributed by atoms with Crippen LogP contribution >= 0.6 is 11.8 Å². The van der Waals surface area contributed by atoms with Crippen LogP contribution < -0.4 is 5.32 Å². The third-order valence-electron chi connectivity index (χ3n) is 0.878. The quantitative estimate of drug-likeness (QED) is 0.632. The minimum absolute atomic E-state index is 0. The zero-order chi connectivity index (χ0) is 10.9. The predicted molar refractivity (Wildman–Crippen MR) is 63.7 cm³/mol. The number of nitrogens with one attached hydrogen (secondary N) is 1. The Morgan fingerprint density at radius 1 is 1.29 bits per heavy atom. The second-order valence-corrected chi connectivity index (χ2v) is 3.56. The lowest BCUT2D eigenvalue weighted by atomic mass is 10.5. The molecule has 0 aliphatic carbocycles. The first kappa shape index (κ1) is 19.2. The molecule has 1 heterocycles. The summed E-state index contributed by atoms with van der Waals surface area (Å²) < 4.78 is 0. The van der Waals surface area contributed by atoms with Crippen LogP contribution in [0.3, 0.4) is 0 Å². The normalized spacial score (nSPS) is 17.9. The largest absolute Gasteiger partial charge is 0.286 e. The van der Waals surface area contributed by atoms with Gasteiger partial charge in [0.15, 0.2) is 0 Å². The lowest BCUT2D eigenvalue weighted by molar-refractivity contribution is -0.118. The lowest BCUT2D eigenvalue weighted by Gasteiger charge is -1.87. The fourth-order valence-corrected chi connectivity index (χ4v) is 1.09. The summed E-state index contributed by atoms with van der Waals surface area (Å²) in [6.07, 6.45) is 1.25. The molecule has 1 rings (SSSR count). The van der Waals surface area contributed by atoms with Gasteiger partial charge >= 0.3 is 0 Å². The Labute approximate surface area is 93.0 Å². The van der Waals surface area contributed by atoms with Gasteiger partial charge in [0.05, 0.1) is 5.25 Å². The Hall–Kier alpha value is -0.445. The SMILES string of the molecule is CC.CC1SC(=O)NC1=O.CCC.[B]. The van der Waals surface area contributed by atoms with Crippen molar-refractivity contribution >= 4 is 31.3 Å². The number of imide groups is 1. The zero-order valence-corrected chi connectivity index (χ0v) is 10.4. The molecule has 1 atom stereocenters. The second-order valence-electron chi connectivity index (χ2n) is 2.24. The molecule has 0 aromatic heterocycles. The summed E-state index contributed by atoms with van der Waals surface area (Å²) in [7, 11) is 0. The summed E-state index contributed by atoms with van der Waals surface area (Å²) in [4.78, 5) is 20.7. The third-order valence-corrected chi connectivity index (χ3v) is 1.76.